The normalized spacial score (nSPS) is 25.1. The molecule has 4 atom stereocenters. The molecule has 1 fully saturated rings. The summed E-state index contributed by atoms with van der Waals surface area (Å²) in [5.74, 6) is 1.06. The maximum atomic E-state index is 10.5. The number of anilines is 1. The number of nitrogen functional groups attached to an aromatic ring is 1. The zero-order valence-corrected chi connectivity index (χ0v) is 15.6. The number of aliphatic hydroxyl groups excluding tert-OH is 2. The van der Waals surface area contributed by atoms with E-state index in [9.17, 15) is 15.0 Å². The SMILES string of the molecule is CCCSc1nc(N)c2nnn([C@@H]3C[C@H](OCCOC=O)[C@@H](O)[C@H]3O)c2n1. The highest BCUT2D eigenvalue weighted by atomic mass is 32.2. The molecule has 0 unspecified atom stereocenters. The number of carbonyl (C=O) groups is 1. The van der Waals surface area contributed by atoms with Gasteiger partial charge in [0.1, 0.15) is 18.8 Å². The van der Waals surface area contributed by atoms with Gasteiger partial charge in [0.15, 0.2) is 22.1 Å². The number of aromatic nitrogens is 5. The minimum atomic E-state index is -1.12. The molecule has 3 rings (SSSR count). The van der Waals surface area contributed by atoms with Crippen LogP contribution in [0.3, 0.4) is 0 Å². The summed E-state index contributed by atoms with van der Waals surface area (Å²) < 4.78 is 11.5. The van der Waals surface area contributed by atoms with Crippen LogP contribution in [0.2, 0.25) is 0 Å². The van der Waals surface area contributed by atoms with Crippen LogP contribution in [-0.2, 0) is 14.3 Å². The first kappa shape index (κ1) is 19.7. The molecular formula is C15H22N6O5S. The monoisotopic (exact) mass is 398 g/mol. The number of nitrogens with two attached hydrogens (primary N) is 1. The lowest BCUT2D eigenvalue weighted by Gasteiger charge is -2.17. The van der Waals surface area contributed by atoms with Crippen molar-refractivity contribution in [1.29, 1.82) is 0 Å². The molecule has 148 valence electrons. The van der Waals surface area contributed by atoms with E-state index < -0.39 is 24.4 Å². The Hall–Kier alpha value is -2.02. The predicted octanol–water partition coefficient (Wildman–Crippen LogP) is -0.470. The third-order valence-electron chi connectivity index (χ3n) is 4.28. The van der Waals surface area contributed by atoms with Crippen LogP contribution in [-0.4, -0.2) is 78.9 Å². The molecule has 2 aromatic heterocycles. The van der Waals surface area contributed by atoms with Crippen molar-refractivity contribution in [1.82, 2.24) is 25.0 Å². The summed E-state index contributed by atoms with van der Waals surface area (Å²) in [6.45, 7) is 2.57. The van der Waals surface area contributed by atoms with E-state index in [1.165, 1.54) is 16.4 Å². The summed E-state index contributed by atoms with van der Waals surface area (Å²) in [5, 5.41) is 29.3. The number of rotatable bonds is 9. The zero-order chi connectivity index (χ0) is 19.4. The van der Waals surface area contributed by atoms with Crippen LogP contribution in [0.4, 0.5) is 5.82 Å². The topological polar surface area (TPSA) is 158 Å². The fourth-order valence-corrected chi connectivity index (χ4v) is 3.68. The van der Waals surface area contributed by atoms with Gasteiger partial charge in [0.25, 0.3) is 6.47 Å². The summed E-state index contributed by atoms with van der Waals surface area (Å²) in [6.07, 6.45) is -1.60. The molecular weight excluding hydrogens is 376 g/mol. The third kappa shape index (κ3) is 4.13. The summed E-state index contributed by atoms with van der Waals surface area (Å²) in [4.78, 5) is 18.8. The molecule has 11 nitrogen and oxygen atoms in total. The van der Waals surface area contributed by atoms with Crippen LogP contribution in [0.1, 0.15) is 25.8 Å². The van der Waals surface area contributed by atoms with Crippen molar-refractivity contribution in [2.75, 3.05) is 24.7 Å². The Bertz CT molecular complexity index is 789. The van der Waals surface area contributed by atoms with Crippen molar-refractivity contribution < 1.29 is 24.5 Å². The van der Waals surface area contributed by atoms with Gasteiger partial charge in [-0.15, -0.1) is 5.10 Å². The highest BCUT2D eigenvalue weighted by Crippen LogP contribution is 2.34. The Morgan fingerprint density at radius 2 is 2.15 bits per heavy atom. The van der Waals surface area contributed by atoms with Gasteiger partial charge in [-0.1, -0.05) is 23.9 Å². The van der Waals surface area contributed by atoms with Crippen LogP contribution in [0, 0.1) is 0 Å². The summed E-state index contributed by atoms with van der Waals surface area (Å²) in [5.41, 5.74) is 6.72. The number of carbonyl (C=O) groups excluding carboxylic acids is 1. The Kier molecular flexibility index (Phi) is 6.42. The molecule has 2 aromatic rings. The minimum absolute atomic E-state index is 0.0709. The lowest BCUT2D eigenvalue weighted by atomic mass is 10.2. The van der Waals surface area contributed by atoms with E-state index in [-0.39, 0.29) is 19.0 Å². The van der Waals surface area contributed by atoms with Gasteiger partial charge in [-0.3, -0.25) is 4.79 Å². The van der Waals surface area contributed by atoms with Gasteiger partial charge in [0.05, 0.1) is 18.8 Å². The van der Waals surface area contributed by atoms with Gasteiger partial charge in [0.2, 0.25) is 0 Å². The number of hydrogen-bond donors (Lipinski definition) is 3. The van der Waals surface area contributed by atoms with Crippen molar-refractivity contribution in [3.63, 3.8) is 0 Å². The largest absolute Gasteiger partial charge is 0.465 e. The maximum absolute atomic E-state index is 10.5. The highest BCUT2D eigenvalue weighted by Gasteiger charge is 2.44. The molecule has 0 aliphatic heterocycles. The highest BCUT2D eigenvalue weighted by molar-refractivity contribution is 7.99. The first-order chi connectivity index (χ1) is 13.1. The maximum Gasteiger partial charge on any atom is 0.293 e. The van der Waals surface area contributed by atoms with Crippen LogP contribution in [0.15, 0.2) is 5.16 Å². The van der Waals surface area contributed by atoms with Crippen molar-refractivity contribution in [2.45, 2.75) is 49.3 Å². The lowest BCUT2D eigenvalue weighted by Crippen LogP contribution is -2.33. The molecule has 1 saturated carbocycles. The average Bonchev–Trinajstić information content (AvgIpc) is 3.20. The number of ether oxygens (including phenoxy) is 2. The molecule has 12 heteroatoms. The standard InChI is InChI=1S/C15H22N6O5S/c1-2-5-27-15-17-13(16)10-14(18-15)21(20-19-10)8-6-9(12(24)11(8)23)26-4-3-25-7-22/h7-9,11-12,23-24H,2-6H2,1H3,(H2,16,17,18)/t8-,9+,11+,12-/m1/s1. The number of aliphatic hydroxyl groups is 2. The molecule has 0 saturated heterocycles. The van der Waals surface area contributed by atoms with E-state index in [1.54, 1.807) is 0 Å². The van der Waals surface area contributed by atoms with Crippen molar-refractivity contribution in [3.05, 3.63) is 0 Å². The van der Waals surface area contributed by atoms with Crippen LogP contribution < -0.4 is 5.73 Å². The fourth-order valence-electron chi connectivity index (χ4n) is 2.98. The second-order valence-electron chi connectivity index (χ2n) is 6.11. The Morgan fingerprint density at radius 3 is 2.89 bits per heavy atom. The molecule has 0 spiro atoms. The molecule has 1 aliphatic rings. The van der Waals surface area contributed by atoms with Crippen molar-refractivity contribution in [3.8, 4) is 0 Å². The number of thioether (sulfide) groups is 1. The molecule has 0 aromatic carbocycles. The van der Waals surface area contributed by atoms with E-state index in [4.69, 9.17) is 10.5 Å². The van der Waals surface area contributed by atoms with Gasteiger partial charge < -0.3 is 25.4 Å². The van der Waals surface area contributed by atoms with Gasteiger partial charge in [-0.25, -0.2) is 14.6 Å². The smallest absolute Gasteiger partial charge is 0.293 e. The summed E-state index contributed by atoms with van der Waals surface area (Å²) in [6, 6.07) is -0.583. The molecule has 27 heavy (non-hydrogen) atoms. The van der Waals surface area contributed by atoms with E-state index in [1.807, 2.05) is 0 Å². The van der Waals surface area contributed by atoms with Crippen LogP contribution >= 0.6 is 11.8 Å². The quantitative estimate of drug-likeness (QED) is 0.217. The average molecular weight is 398 g/mol. The molecule has 0 amide bonds. The predicted molar refractivity (Wildman–Crippen MR) is 96.0 cm³/mol. The summed E-state index contributed by atoms with van der Waals surface area (Å²) >= 11 is 1.47. The van der Waals surface area contributed by atoms with E-state index >= 15 is 0 Å². The van der Waals surface area contributed by atoms with E-state index in [0.29, 0.717) is 29.2 Å². The Balaban J connectivity index is 1.81. The number of nitrogens with zero attached hydrogens (tertiary/aromatic N) is 5. The van der Waals surface area contributed by atoms with Crippen molar-refractivity contribution >= 4 is 35.2 Å². The van der Waals surface area contributed by atoms with E-state index in [2.05, 4.69) is 31.9 Å². The van der Waals surface area contributed by atoms with Gasteiger partial charge in [0, 0.05) is 12.2 Å². The van der Waals surface area contributed by atoms with Gasteiger partial charge >= 0.3 is 0 Å². The molecule has 0 radical (unpaired) electrons. The second-order valence-corrected chi connectivity index (χ2v) is 7.17. The van der Waals surface area contributed by atoms with Gasteiger partial charge in [-0.05, 0) is 6.42 Å². The lowest BCUT2D eigenvalue weighted by molar-refractivity contribution is -0.132. The first-order valence-electron chi connectivity index (χ1n) is 8.61. The Morgan fingerprint density at radius 1 is 1.33 bits per heavy atom. The summed E-state index contributed by atoms with van der Waals surface area (Å²) in [7, 11) is 0. The number of fused-ring (bicyclic) bond motifs is 1. The molecule has 2 heterocycles. The number of hydrogen-bond acceptors (Lipinski definition) is 11. The van der Waals surface area contributed by atoms with Crippen LogP contribution in [0.25, 0.3) is 11.2 Å². The minimum Gasteiger partial charge on any atom is -0.465 e. The molecule has 4 N–H and O–H groups in total. The van der Waals surface area contributed by atoms with Crippen molar-refractivity contribution in [2.24, 2.45) is 0 Å². The molecule has 0 bridgehead atoms. The van der Waals surface area contributed by atoms with E-state index in [0.717, 1.165) is 12.2 Å². The Labute approximate surface area is 159 Å². The first-order valence-corrected chi connectivity index (χ1v) is 9.59. The molecule has 1 aliphatic carbocycles. The second kappa shape index (κ2) is 8.78. The van der Waals surface area contributed by atoms with Gasteiger partial charge in [-0.2, -0.15) is 0 Å². The fraction of sp³-hybridized carbons (Fsp3) is 0.667. The third-order valence-corrected chi connectivity index (χ3v) is 5.33. The zero-order valence-electron chi connectivity index (χ0n) is 14.8. The van der Waals surface area contributed by atoms with Crippen LogP contribution in [0.5, 0.6) is 0 Å².